The van der Waals surface area contributed by atoms with Crippen molar-refractivity contribution in [1.29, 1.82) is 0 Å². The first-order valence-corrected chi connectivity index (χ1v) is 10.4. The number of anilines is 2. The SMILES string of the molecule is Cn1nccc1-c1cc(NC(=O)Nc2ccc(F)cc2)ccc1OCC1CCNCC1. The number of nitrogens with zero attached hydrogens (tertiary/aromatic N) is 2. The third kappa shape index (κ3) is 5.40. The first-order chi connectivity index (χ1) is 15.1. The summed E-state index contributed by atoms with van der Waals surface area (Å²) in [6, 6.07) is 12.7. The van der Waals surface area contributed by atoms with Gasteiger partial charge in [0.15, 0.2) is 0 Å². The van der Waals surface area contributed by atoms with Gasteiger partial charge in [-0.2, -0.15) is 5.10 Å². The molecule has 7 nitrogen and oxygen atoms in total. The summed E-state index contributed by atoms with van der Waals surface area (Å²) in [5.41, 5.74) is 2.87. The Morgan fingerprint density at radius 1 is 1.13 bits per heavy atom. The summed E-state index contributed by atoms with van der Waals surface area (Å²) in [6.45, 7) is 2.70. The Kier molecular flexibility index (Phi) is 6.47. The number of aryl methyl sites for hydroxylation is 1. The summed E-state index contributed by atoms with van der Waals surface area (Å²) in [5, 5.41) is 13.1. The van der Waals surface area contributed by atoms with Gasteiger partial charge < -0.3 is 20.7 Å². The number of hydrogen-bond donors (Lipinski definition) is 3. The lowest BCUT2D eigenvalue weighted by Gasteiger charge is -2.23. The van der Waals surface area contributed by atoms with E-state index < -0.39 is 6.03 Å². The Hall–Kier alpha value is -3.39. The van der Waals surface area contributed by atoms with Gasteiger partial charge in [-0.3, -0.25) is 4.68 Å². The van der Waals surface area contributed by atoms with E-state index in [0.717, 1.165) is 42.9 Å². The molecule has 0 aliphatic carbocycles. The first kappa shape index (κ1) is 20.9. The standard InChI is InChI=1S/C23H26FN5O2/c1-29-21(10-13-26-29)20-14-19(28-23(30)27-18-4-2-17(24)3-5-18)6-7-22(20)31-15-16-8-11-25-12-9-16/h2-7,10,13-14,16,25H,8-9,11-12,15H2,1H3,(H2,27,28,30). The van der Waals surface area contributed by atoms with Gasteiger partial charge in [-0.15, -0.1) is 0 Å². The Morgan fingerprint density at radius 3 is 2.55 bits per heavy atom. The van der Waals surface area contributed by atoms with E-state index in [1.807, 2.05) is 31.3 Å². The molecule has 4 rings (SSSR count). The number of ether oxygens (including phenoxy) is 1. The second-order valence-electron chi connectivity index (χ2n) is 7.64. The molecule has 2 amide bonds. The Morgan fingerprint density at radius 2 is 1.84 bits per heavy atom. The molecular weight excluding hydrogens is 397 g/mol. The summed E-state index contributed by atoms with van der Waals surface area (Å²) >= 11 is 0. The molecular formula is C23H26FN5O2. The van der Waals surface area contributed by atoms with E-state index in [2.05, 4.69) is 21.0 Å². The predicted octanol–water partition coefficient (Wildman–Crippen LogP) is 4.25. The van der Waals surface area contributed by atoms with Gasteiger partial charge >= 0.3 is 6.03 Å². The molecule has 8 heteroatoms. The van der Waals surface area contributed by atoms with Gasteiger partial charge in [0.05, 0.1) is 12.3 Å². The van der Waals surface area contributed by atoms with Crippen LogP contribution in [-0.4, -0.2) is 35.5 Å². The fraction of sp³-hybridized carbons (Fsp3) is 0.304. The lowest BCUT2D eigenvalue weighted by Crippen LogP contribution is -2.30. The fourth-order valence-electron chi connectivity index (χ4n) is 3.65. The zero-order chi connectivity index (χ0) is 21.6. The van der Waals surface area contributed by atoms with Gasteiger partial charge in [0.2, 0.25) is 0 Å². The average Bonchev–Trinajstić information content (AvgIpc) is 3.21. The highest BCUT2D eigenvalue weighted by molar-refractivity contribution is 6.00. The van der Waals surface area contributed by atoms with Crippen LogP contribution in [0.1, 0.15) is 12.8 Å². The minimum atomic E-state index is -0.411. The number of carbonyl (C=O) groups is 1. The molecule has 3 aromatic rings. The number of carbonyl (C=O) groups excluding carboxylic acids is 1. The van der Waals surface area contributed by atoms with E-state index in [1.165, 1.54) is 24.3 Å². The zero-order valence-corrected chi connectivity index (χ0v) is 17.4. The van der Waals surface area contributed by atoms with Gasteiger partial charge in [-0.05, 0) is 80.4 Å². The molecule has 0 saturated carbocycles. The summed E-state index contributed by atoms with van der Waals surface area (Å²) in [7, 11) is 1.87. The lowest BCUT2D eigenvalue weighted by atomic mass is 9.99. The number of hydrogen-bond acceptors (Lipinski definition) is 4. The highest BCUT2D eigenvalue weighted by Crippen LogP contribution is 2.33. The normalized spacial score (nSPS) is 14.3. The summed E-state index contributed by atoms with van der Waals surface area (Å²) in [6.07, 6.45) is 3.93. The zero-order valence-electron chi connectivity index (χ0n) is 17.4. The van der Waals surface area contributed by atoms with E-state index in [9.17, 15) is 9.18 Å². The number of benzene rings is 2. The van der Waals surface area contributed by atoms with Crippen molar-refractivity contribution in [3.63, 3.8) is 0 Å². The minimum Gasteiger partial charge on any atom is -0.493 e. The van der Waals surface area contributed by atoms with Crippen LogP contribution in [-0.2, 0) is 7.05 Å². The molecule has 1 aliphatic heterocycles. The summed E-state index contributed by atoms with van der Waals surface area (Å²) in [5.74, 6) is 0.929. The van der Waals surface area contributed by atoms with Crippen molar-refractivity contribution in [3.8, 4) is 17.0 Å². The Labute approximate surface area is 180 Å². The summed E-state index contributed by atoms with van der Waals surface area (Å²) < 4.78 is 21.0. The topological polar surface area (TPSA) is 80.2 Å². The second kappa shape index (κ2) is 9.61. The van der Waals surface area contributed by atoms with Crippen molar-refractivity contribution in [1.82, 2.24) is 15.1 Å². The minimum absolute atomic E-state index is 0.355. The maximum absolute atomic E-state index is 13.1. The number of amides is 2. The molecule has 2 aromatic carbocycles. The Bertz CT molecular complexity index is 1030. The largest absolute Gasteiger partial charge is 0.493 e. The predicted molar refractivity (Wildman–Crippen MR) is 119 cm³/mol. The second-order valence-corrected chi connectivity index (χ2v) is 7.64. The molecule has 162 valence electrons. The van der Waals surface area contributed by atoms with Crippen molar-refractivity contribution in [2.45, 2.75) is 12.8 Å². The van der Waals surface area contributed by atoms with E-state index in [4.69, 9.17) is 4.74 Å². The third-order valence-electron chi connectivity index (χ3n) is 5.37. The van der Waals surface area contributed by atoms with Gasteiger partial charge in [0.25, 0.3) is 0 Å². The van der Waals surface area contributed by atoms with Crippen LogP contribution in [0, 0.1) is 11.7 Å². The van der Waals surface area contributed by atoms with Gasteiger partial charge in [-0.25, -0.2) is 9.18 Å². The molecule has 1 fully saturated rings. The molecule has 0 bridgehead atoms. The number of nitrogens with one attached hydrogen (secondary N) is 3. The molecule has 2 heterocycles. The molecule has 3 N–H and O–H groups in total. The van der Waals surface area contributed by atoms with Gasteiger partial charge in [0, 0.05) is 30.2 Å². The van der Waals surface area contributed by atoms with Crippen molar-refractivity contribution < 1.29 is 13.9 Å². The maximum atomic E-state index is 13.1. The molecule has 0 atom stereocenters. The molecule has 0 radical (unpaired) electrons. The van der Waals surface area contributed by atoms with E-state index in [1.54, 1.807) is 10.9 Å². The van der Waals surface area contributed by atoms with Crippen LogP contribution in [0.15, 0.2) is 54.7 Å². The Balaban J connectivity index is 1.50. The van der Waals surface area contributed by atoms with Crippen molar-refractivity contribution >= 4 is 17.4 Å². The maximum Gasteiger partial charge on any atom is 0.323 e. The lowest BCUT2D eigenvalue weighted by molar-refractivity contribution is 0.216. The molecule has 0 spiro atoms. The van der Waals surface area contributed by atoms with Crippen LogP contribution < -0.4 is 20.7 Å². The van der Waals surface area contributed by atoms with Crippen LogP contribution in [0.4, 0.5) is 20.6 Å². The molecule has 1 aromatic heterocycles. The van der Waals surface area contributed by atoms with Crippen molar-refractivity contribution in [3.05, 3.63) is 60.5 Å². The van der Waals surface area contributed by atoms with Crippen LogP contribution in [0.2, 0.25) is 0 Å². The molecule has 1 aliphatic rings. The third-order valence-corrected chi connectivity index (χ3v) is 5.37. The number of halogens is 1. The fourth-order valence-corrected chi connectivity index (χ4v) is 3.65. The molecule has 0 unspecified atom stereocenters. The van der Waals surface area contributed by atoms with Gasteiger partial charge in [-0.1, -0.05) is 0 Å². The monoisotopic (exact) mass is 423 g/mol. The number of rotatable bonds is 6. The number of aromatic nitrogens is 2. The van der Waals surface area contributed by atoms with E-state index in [0.29, 0.717) is 23.9 Å². The quantitative estimate of drug-likeness (QED) is 0.554. The van der Waals surface area contributed by atoms with Crippen molar-refractivity contribution in [2.75, 3.05) is 30.3 Å². The molecule has 31 heavy (non-hydrogen) atoms. The summed E-state index contributed by atoms with van der Waals surface area (Å²) in [4.78, 5) is 12.4. The number of urea groups is 1. The highest BCUT2D eigenvalue weighted by Gasteiger charge is 2.17. The number of piperidine rings is 1. The highest BCUT2D eigenvalue weighted by atomic mass is 19.1. The van der Waals surface area contributed by atoms with Crippen LogP contribution >= 0.6 is 0 Å². The van der Waals surface area contributed by atoms with E-state index in [-0.39, 0.29) is 5.82 Å². The average molecular weight is 423 g/mol. The van der Waals surface area contributed by atoms with Crippen LogP contribution in [0.25, 0.3) is 11.3 Å². The van der Waals surface area contributed by atoms with Crippen molar-refractivity contribution in [2.24, 2.45) is 13.0 Å². The van der Waals surface area contributed by atoms with Gasteiger partial charge in [0.1, 0.15) is 11.6 Å². The first-order valence-electron chi connectivity index (χ1n) is 10.4. The van der Waals surface area contributed by atoms with Crippen LogP contribution in [0.5, 0.6) is 5.75 Å². The molecule has 1 saturated heterocycles. The smallest absolute Gasteiger partial charge is 0.323 e. The van der Waals surface area contributed by atoms with E-state index >= 15 is 0 Å². The van der Waals surface area contributed by atoms with Crippen LogP contribution in [0.3, 0.4) is 0 Å².